The summed E-state index contributed by atoms with van der Waals surface area (Å²) < 4.78 is 7.21. The molecule has 1 aliphatic rings. The smallest absolute Gasteiger partial charge is 0.359 e. The molecular formula is C20H19N3O2. The number of para-hydroxylation sites is 1. The largest absolute Gasteiger partial charge is 0.463 e. The Kier molecular flexibility index (Phi) is 3.57. The second-order valence-corrected chi connectivity index (χ2v) is 6.05. The van der Waals surface area contributed by atoms with Gasteiger partial charge in [-0.15, -0.1) is 0 Å². The molecule has 0 saturated heterocycles. The van der Waals surface area contributed by atoms with Gasteiger partial charge in [0.2, 0.25) is 0 Å². The van der Waals surface area contributed by atoms with Gasteiger partial charge in [-0.1, -0.05) is 48.5 Å². The molecule has 1 atom stereocenters. The predicted molar refractivity (Wildman–Crippen MR) is 96.2 cm³/mol. The Morgan fingerprint density at radius 3 is 2.64 bits per heavy atom. The number of rotatable bonds is 3. The minimum atomic E-state index is -1.23. The van der Waals surface area contributed by atoms with Crippen LogP contribution in [0.3, 0.4) is 0 Å². The van der Waals surface area contributed by atoms with E-state index in [0.717, 1.165) is 28.2 Å². The Morgan fingerprint density at radius 2 is 1.88 bits per heavy atom. The Balaban J connectivity index is 2.04. The van der Waals surface area contributed by atoms with Gasteiger partial charge in [0.15, 0.2) is 0 Å². The zero-order chi connectivity index (χ0) is 17.4. The first-order chi connectivity index (χ1) is 12.2. The van der Waals surface area contributed by atoms with Crippen molar-refractivity contribution in [2.45, 2.75) is 19.5 Å². The monoisotopic (exact) mass is 333 g/mol. The van der Waals surface area contributed by atoms with Crippen molar-refractivity contribution >= 4 is 11.7 Å². The number of nitrogens with zero attached hydrogens (tertiary/aromatic N) is 2. The maximum absolute atomic E-state index is 13.2. The van der Waals surface area contributed by atoms with Crippen molar-refractivity contribution in [1.29, 1.82) is 0 Å². The van der Waals surface area contributed by atoms with Crippen LogP contribution in [0.15, 0.2) is 60.7 Å². The van der Waals surface area contributed by atoms with E-state index in [1.807, 2.05) is 74.5 Å². The number of hydrogen-bond donors (Lipinski definition) is 1. The number of ether oxygens (including phenoxy) is 1. The lowest BCUT2D eigenvalue weighted by atomic mass is 9.94. The predicted octanol–water partition coefficient (Wildman–Crippen LogP) is 3.55. The number of esters is 1. The topological polar surface area (TPSA) is 56.1 Å². The molecule has 0 bridgehead atoms. The summed E-state index contributed by atoms with van der Waals surface area (Å²) in [6.07, 6.45) is 0. The first-order valence-corrected chi connectivity index (χ1v) is 8.34. The van der Waals surface area contributed by atoms with Crippen LogP contribution < -0.4 is 5.32 Å². The Labute approximate surface area is 146 Å². The lowest BCUT2D eigenvalue weighted by Crippen LogP contribution is -2.53. The molecule has 0 radical (unpaired) electrons. The van der Waals surface area contributed by atoms with Gasteiger partial charge in [-0.2, -0.15) is 5.10 Å². The molecule has 126 valence electrons. The van der Waals surface area contributed by atoms with Gasteiger partial charge in [-0.3, -0.25) is 0 Å². The molecule has 3 aromatic rings. The highest BCUT2D eigenvalue weighted by Gasteiger charge is 2.49. The van der Waals surface area contributed by atoms with E-state index in [9.17, 15) is 4.79 Å². The normalized spacial score (nSPS) is 18.0. The van der Waals surface area contributed by atoms with Gasteiger partial charge < -0.3 is 10.1 Å². The molecule has 0 spiro atoms. The summed E-state index contributed by atoms with van der Waals surface area (Å²) in [5.41, 5.74) is 3.19. The highest BCUT2D eigenvalue weighted by Crippen LogP contribution is 2.42. The molecule has 2 heterocycles. The van der Waals surface area contributed by atoms with Crippen LogP contribution in [-0.4, -0.2) is 22.4 Å². The molecular weight excluding hydrogens is 314 g/mol. The summed E-state index contributed by atoms with van der Waals surface area (Å²) in [4.78, 5) is 13.2. The van der Waals surface area contributed by atoms with Crippen LogP contribution in [0.2, 0.25) is 0 Å². The number of aryl methyl sites for hydroxylation is 1. The van der Waals surface area contributed by atoms with Gasteiger partial charge in [0.1, 0.15) is 0 Å². The Bertz CT molecular complexity index is 933. The fraction of sp³-hybridized carbons (Fsp3) is 0.200. The molecule has 5 heteroatoms. The molecule has 2 aromatic carbocycles. The molecule has 0 unspecified atom stereocenters. The third-order valence-electron chi connectivity index (χ3n) is 4.43. The first kappa shape index (κ1) is 15.4. The highest BCUT2D eigenvalue weighted by molar-refractivity contribution is 5.92. The van der Waals surface area contributed by atoms with E-state index in [0.29, 0.717) is 6.61 Å². The first-order valence-electron chi connectivity index (χ1n) is 8.34. The number of benzene rings is 2. The number of hydrogen-bond acceptors (Lipinski definition) is 4. The summed E-state index contributed by atoms with van der Waals surface area (Å²) in [6, 6.07) is 19.5. The average Bonchev–Trinajstić information content (AvgIpc) is 3.04. The van der Waals surface area contributed by atoms with Crippen molar-refractivity contribution in [3.8, 4) is 11.3 Å². The number of carbonyl (C=O) groups excluding carboxylic acids is 1. The Hall–Kier alpha value is -3.08. The van der Waals surface area contributed by atoms with E-state index < -0.39 is 5.66 Å². The summed E-state index contributed by atoms with van der Waals surface area (Å²) in [5.74, 6) is -0.375. The van der Waals surface area contributed by atoms with Crippen LogP contribution in [0.25, 0.3) is 11.3 Å². The molecule has 5 nitrogen and oxygen atoms in total. The van der Waals surface area contributed by atoms with Gasteiger partial charge in [-0.05, 0) is 26.0 Å². The standard InChI is InChI=1S/C20H19N3O2/c1-3-25-19(24)20(15-9-5-4-6-10-15)21-17-12-8-7-11-16(17)18-13-14(2)22-23(18)20/h4-13,21H,3H2,1-2H3/t20-/m0/s1. The summed E-state index contributed by atoms with van der Waals surface area (Å²) >= 11 is 0. The van der Waals surface area contributed by atoms with Crippen LogP contribution in [0.4, 0.5) is 5.69 Å². The lowest BCUT2D eigenvalue weighted by Gasteiger charge is -2.39. The molecule has 25 heavy (non-hydrogen) atoms. The van der Waals surface area contributed by atoms with Gasteiger partial charge in [-0.25, -0.2) is 9.48 Å². The molecule has 1 N–H and O–H groups in total. The second-order valence-electron chi connectivity index (χ2n) is 6.05. The van der Waals surface area contributed by atoms with Gasteiger partial charge in [0.05, 0.1) is 18.0 Å². The Morgan fingerprint density at radius 1 is 1.16 bits per heavy atom. The number of fused-ring (bicyclic) bond motifs is 3. The molecule has 0 saturated carbocycles. The third kappa shape index (κ3) is 2.23. The van der Waals surface area contributed by atoms with Crippen LogP contribution in [0.5, 0.6) is 0 Å². The number of carbonyl (C=O) groups is 1. The van der Waals surface area contributed by atoms with Crippen LogP contribution in [-0.2, 0) is 15.2 Å². The third-order valence-corrected chi connectivity index (χ3v) is 4.43. The summed E-state index contributed by atoms with van der Waals surface area (Å²) in [6.45, 7) is 4.03. The van der Waals surface area contributed by atoms with Crippen LogP contribution in [0.1, 0.15) is 18.2 Å². The van der Waals surface area contributed by atoms with E-state index in [1.165, 1.54) is 0 Å². The summed E-state index contributed by atoms with van der Waals surface area (Å²) in [7, 11) is 0. The fourth-order valence-electron chi connectivity index (χ4n) is 3.38. The second kappa shape index (κ2) is 5.77. The molecule has 0 aliphatic carbocycles. The summed E-state index contributed by atoms with van der Waals surface area (Å²) in [5, 5.41) is 8.04. The molecule has 4 rings (SSSR count). The molecule has 0 fully saturated rings. The number of anilines is 1. The van der Waals surface area contributed by atoms with Gasteiger partial charge in [0, 0.05) is 16.8 Å². The fourth-order valence-corrected chi connectivity index (χ4v) is 3.38. The molecule has 1 aromatic heterocycles. The van der Waals surface area contributed by atoms with Gasteiger partial charge >= 0.3 is 5.97 Å². The van der Waals surface area contributed by atoms with E-state index in [2.05, 4.69) is 10.4 Å². The lowest BCUT2D eigenvalue weighted by molar-refractivity contribution is -0.150. The van der Waals surface area contributed by atoms with E-state index in [-0.39, 0.29) is 5.97 Å². The highest BCUT2D eigenvalue weighted by atomic mass is 16.5. The van der Waals surface area contributed by atoms with E-state index in [4.69, 9.17) is 4.74 Å². The van der Waals surface area contributed by atoms with Crippen molar-refractivity contribution in [2.24, 2.45) is 0 Å². The van der Waals surface area contributed by atoms with Crippen molar-refractivity contribution in [3.63, 3.8) is 0 Å². The zero-order valence-electron chi connectivity index (χ0n) is 14.2. The van der Waals surface area contributed by atoms with Crippen molar-refractivity contribution in [2.75, 3.05) is 11.9 Å². The maximum atomic E-state index is 13.2. The average molecular weight is 333 g/mol. The van der Waals surface area contributed by atoms with Gasteiger partial charge in [0.25, 0.3) is 5.66 Å². The SMILES string of the molecule is CCOC(=O)[C@@]1(c2ccccc2)Nc2ccccc2-c2cc(C)nn21. The quantitative estimate of drug-likeness (QED) is 0.745. The van der Waals surface area contributed by atoms with E-state index in [1.54, 1.807) is 4.68 Å². The molecule has 0 amide bonds. The zero-order valence-corrected chi connectivity index (χ0v) is 14.2. The van der Waals surface area contributed by atoms with Crippen molar-refractivity contribution in [3.05, 3.63) is 71.9 Å². The minimum absolute atomic E-state index is 0.298. The van der Waals surface area contributed by atoms with Crippen LogP contribution >= 0.6 is 0 Å². The minimum Gasteiger partial charge on any atom is -0.463 e. The van der Waals surface area contributed by atoms with Crippen molar-refractivity contribution in [1.82, 2.24) is 9.78 Å². The number of aromatic nitrogens is 2. The maximum Gasteiger partial charge on any atom is 0.359 e. The van der Waals surface area contributed by atoms with E-state index >= 15 is 0 Å². The number of nitrogens with one attached hydrogen (secondary N) is 1. The van der Waals surface area contributed by atoms with Crippen LogP contribution in [0, 0.1) is 6.92 Å². The molecule has 1 aliphatic heterocycles. The van der Waals surface area contributed by atoms with Crippen molar-refractivity contribution < 1.29 is 9.53 Å².